The number of methoxy groups -OCH3 is 1. The minimum atomic E-state index is -0.751. The first-order valence-electron chi connectivity index (χ1n) is 9.23. The number of ether oxygens (including phenoxy) is 5. The Kier molecular flexibility index (Phi) is 15.0. The molecule has 0 aromatic heterocycles. The van der Waals surface area contributed by atoms with Gasteiger partial charge >= 0.3 is 5.97 Å². The maximum Gasteiger partial charge on any atom is 0.306 e. The zero-order valence-electron chi connectivity index (χ0n) is 17.1. The molecule has 0 fully saturated rings. The van der Waals surface area contributed by atoms with E-state index in [4.69, 9.17) is 29.4 Å². The molecule has 3 N–H and O–H groups in total. The zero-order chi connectivity index (χ0) is 20.5. The van der Waals surface area contributed by atoms with Gasteiger partial charge < -0.3 is 34.7 Å². The predicted octanol–water partition coefficient (Wildman–Crippen LogP) is 0.248. The van der Waals surface area contributed by atoms with Crippen molar-refractivity contribution in [2.75, 3.05) is 59.9 Å². The molecule has 160 valence electrons. The molecule has 0 unspecified atom stereocenters. The number of nitrogens with one attached hydrogen (secondary N) is 1. The summed E-state index contributed by atoms with van der Waals surface area (Å²) in [4.78, 5) is 23.4. The molecule has 0 aliphatic carbocycles. The Labute approximate surface area is 162 Å². The Morgan fingerprint density at radius 2 is 1.44 bits per heavy atom. The monoisotopic (exact) mass is 392 g/mol. The van der Waals surface area contributed by atoms with Crippen molar-refractivity contribution in [3.63, 3.8) is 0 Å². The van der Waals surface area contributed by atoms with Crippen molar-refractivity contribution in [2.45, 2.75) is 45.3 Å². The van der Waals surface area contributed by atoms with Gasteiger partial charge in [-0.2, -0.15) is 0 Å². The second-order valence-corrected chi connectivity index (χ2v) is 6.85. The highest BCUT2D eigenvalue weighted by Gasteiger charge is 2.19. The Bertz CT molecular complexity index is 400. The van der Waals surface area contributed by atoms with E-state index in [2.05, 4.69) is 5.32 Å². The van der Waals surface area contributed by atoms with E-state index in [1.165, 1.54) is 0 Å². The summed E-state index contributed by atoms with van der Waals surface area (Å²) in [7, 11) is 1.62. The highest BCUT2D eigenvalue weighted by molar-refractivity contribution is 5.82. The number of carbonyl (C=O) groups excluding carboxylic acids is 2. The molecule has 0 radical (unpaired) electrons. The summed E-state index contributed by atoms with van der Waals surface area (Å²) in [5, 5.41) is 2.67. The van der Waals surface area contributed by atoms with Crippen molar-refractivity contribution in [3.05, 3.63) is 0 Å². The lowest BCUT2D eigenvalue weighted by Gasteiger charge is -2.20. The standard InChI is InChI=1S/C18H36N2O7/c1-18(2,3)27-16(21)6-5-15(19)17(22)20-7-8-24-11-12-26-14-13-25-10-9-23-4/h15H,5-14,19H2,1-4H3,(H,20,22)/t15-/m0/s1. The number of hydrogen-bond donors (Lipinski definition) is 2. The fraction of sp³-hybridized carbons (Fsp3) is 0.889. The SMILES string of the molecule is COCCOCCOCCOCCNC(=O)[C@@H](N)CCC(=O)OC(C)(C)C. The Balaban J connectivity index is 3.51. The smallest absolute Gasteiger partial charge is 0.306 e. The highest BCUT2D eigenvalue weighted by Crippen LogP contribution is 2.09. The molecule has 27 heavy (non-hydrogen) atoms. The molecule has 0 aliphatic rings. The molecule has 0 rings (SSSR count). The quantitative estimate of drug-likeness (QED) is 0.283. The van der Waals surface area contributed by atoms with Crippen LogP contribution in [-0.2, 0) is 33.3 Å². The Morgan fingerprint density at radius 3 is 1.96 bits per heavy atom. The minimum absolute atomic E-state index is 0.106. The number of rotatable bonds is 16. The van der Waals surface area contributed by atoms with Crippen LogP contribution in [0, 0.1) is 0 Å². The lowest BCUT2D eigenvalue weighted by Crippen LogP contribution is -2.42. The molecule has 0 spiro atoms. The molecule has 0 aromatic rings. The molecule has 0 saturated heterocycles. The van der Waals surface area contributed by atoms with Crippen LogP contribution < -0.4 is 11.1 Å². The van der Waals surface area contributed by atoms with Crippen LogP contribution in [0.3, 0.4) is 0 Å². The molecule has 1 amide bonds. The van der Waals surface area contributed by atoms with Gasteiger partial charge in [-0.15, -0.1) is 0 Å². The summed E-state index contributed by atoms with van der Waals surface area (Å²) in [5.41, 5.74) is 5.23. The van der Waals surface area contributed by atoms with Gasteiger partial charge in [0.2, 0.25) is 5.91 Å². The zero-order valence-corrected chi connectivity index (χ0v) is 17.1. The maximum atomic E-state index is 11.8. The van der Waals surface area contributed by atoms with Crippen molar-refractivity contribution in [3.8, 4) is 0 Å². The summed E-state index contributed by atoms with van der Waals surface area (Å²) in [6.07, 6.45) is 0.344. The van der Waals surface area contributed by atoms with Crippen LogP contribution in [0.1, 0.15) is 33.6 Å². The van der Waals surface area contributed by atoms with Crippen molar-refractivity contribution in [2.24, 2.45) is 5.73 Å². The number of esters is 1. The van der Waals surface area contributed by atoms with Crippen LogP contribution in [0.25, 0.3) is 0 Å². The average molecular weight is 392 g/mol. The number of hydrogen-bond acceptors (Lipinski definition) is 8. The van der Waals surface area contributed by atoms with Gasteiger partial charge in [-0.05, 0) is 27.2 Å². The summed E-state index contributed by atoms with van der Waals surface area (Å²) >= 11 is 0. The van der Waals surface area contributed by atoms with Gasteiger partial charge in [0.25, 0.3) is 0 Å². The first kappa shape index (κ1) is 25.7. The van der Waals surface area contributed by atoms with E-state index >= 15 is 0 Å². The van der Waals surface area contributed by atoms with Gasteiger partial charge in [0.15, 0.2) is 0 Å². The molecular formula is C18H36N2O7. The van der Waals surface area contributed by atoms with Crippen molar-refractivity contribution in [1.82, 2.24) is 5.32 Å². The molecule has 1 atom stereocenters. The van der Waals surface area contributed by atoms with E-state index in [-0.39, 0.29) is 24.7 Å². The van der Waals surface area contributed by atoms with Gasteiger partial charge in [0, 0.05) is 20.1 Å². The first-order chi connectivity index (χ1) is 12.8. The molecule has 0 aliphatic heterocycles. The number of carbonyl (C=O) groups is 2. The molecule has 9 heteroatoms. The largest absolute Gasteiger partial charge is 0.460 e. The minimum Gasteiger partial charge on any atom is -0.460 e. The highest BCUT2D eigenvalue weighted by atomic mass is 16.6. The van der Waals surface area contributed by atoms with E-state index in [9.17, 15) is 9.59 Å². The second-order valence-electron chi connectivity index (χ2n) is 6.85. The maximum absolute atomic E-state index is 11.8. The summed E-state index contributed by atoms with van der Waals surface area (Å²) in [5.74, 6) is -0.676. The molecule has 0 heterocycles. The lowest BCUT2D eigenvalue weighted by molar-refractivity contribution is -0.155. The van der Waals surface area contributed by atoms with Crippen LogP contribution in [0.15, 0.2) is 0 Å². The van der Waals surface area contributed by atoms with Crippen molar-refractivity contribution in [1.29, 1.82) is 0 Å². The summed E-state index contributed by atoms with van der Waals surface area (Å²) in [6.45, 7) is 9.09. The van der Waals surface area contributed by atoms with E-state index in [1.54, 1.807) is 27.9 Å². The van der Waals surface area contributed by atoms with Gasteiger partial charge in [-0.3, -0.25) is 9.59 Å². The lowest BCUT2D eigenvalue weighted by atomic mass is 10.1. The van der Waals surface area contributed by atoms with Gasteiger partial charge in [0.05, 0.1) is 52.3 Å². The van der Waals surface area contributed by atoms with Crippen LogP contribution in [0.4, 0.5) is 0 Å². The molecule has 9 nitrogen and oxygen atoms in total. The molecule has 0 aromatic carbocycles. The Hall–Kier alpha value is -1.26. The third kappa shape index (κ3) is 17.9. The number of nitrogens with two attached hydrogens (primary N) is 1. The van der Waals surface area contributed by atoms with Crippen LogP contribution >= 0.6 is 0 Å². The van der Waals surface area contributed by atoms with E-state index < -0.39 is 11.6 Å². The van der Waals surface area contributed by atoms with Gasteiger partial charge in [-0.25, -0.2) is 0 Å². The summed E-state index contributed by atoms with van der Waals surface area (Å²) in [6, 6.07) is -0.751. The molecular weight excluding hydrogens is 356 g/mol. The van der Waals surface area contributed by atoms with Crippen molar-refractivity contribution >= 4 is 11.9 Å². The van der Waals surface area contributed by atoms with Gasteiger partial charge in [-0.1, -0.05) is 0 Å². The predicted molar refractivity (Wildman–Crippen MR) is 100 cm³/mol. The average Bonchev–Trinajstić information content (AvgIpc) is 2.59. The van der Waals surface area contributed by atoms with E-state index in [0.29, 0.717) is 52.8 Å². The topological polar surface area (TPSA) is 118 Å². The Morgan fingerprint density at radius 1 is 0.926 bits per heavy atom. The molecule has 0 saturated carbocycles. The normalized spacial score (nSPS) is 12.6. The van der Waals surface area contributed by atoms with E-state index in [1.807, 2.05) is 0 Å². The van der Waals surface area contributed by atoms with Crippen LogP contribution in [0.2, 0.25) is 0 Å². The summed E-state index contributed by atoms with van der Waals surface area (Å²) < 4.78 is 25.9. The van der Waals surface area contributed by atoms with Crippen LogP contribution in [-0.4, -0.2) is 83.4 Å². The van der Waals surface area contributed by atoms with Gasteiger partial charge in [0.1, 0.15) is 5.60 Å². The van der Waals surface area contributed by atoms with Crippen molar-refractivity contribution < 1.29 is 33.3 Å². The molecule has 0 bridgehead atoms. The fourth-order valence-corrected chi connectivity index (χ4v) is 1.86. The third-order valence-electron chi connectivity index (χ3n) is 3.14. The fourth-order valence-electron chi connectivity index (χ4n) is 1.86. The first-order valence-corrected chi connectivity index (χ1v) is 9.23. The van der Waals surface area contributed by atoms with E-state index in [0.717, 1.165) is 0 Å². The third-order valence-corrected chi connectivity index (χ3v) is 3.14. The second kappa shape index (κ2) is 15.8. The van der Waals surface area contributed by atoms with Crippen LogP contribution in [0.5, 0.6) is 0 Å². The number of amides is 1.